The molecule has 0 bridgehead atoms. The van der Waals surface area contributed by atoms with Crippen LogP contribution in [0.15, 0.2) is 16.7 Å². The number of hydrogen-bond donors (Lipinski definition) is 0. The van der Waals surface area contributed by atoms with E-state index >= 15 is 0 Å². The fourth-order valence-corrected chi connectivity index (χ4v) is 3.54. The first-order valence-electron chi connectivity index (χ1n) is 7.83. The van der Waals surface area contributed by atoms with E-state index in [0.717, 1.165) is 43.1 Å². The van der Waals surface area contributed by atoms with Crippen molar-refractivity contribution in [1.82, 2.24) is 15.0 Å². The lowest BCUT2D eigenvalue weighted by molar-refractivity contribution is 0.171. The molecule has 2 aromatic rings. The molecule has 2 aliphatic heterocycles. The zero-order chi connectivity index (χ0) is 15.8. The number of likely N-dealkylation sites (tertiary alicyclic amines) is 1. The number of hydrogen-bond acceptors (Lipinski definition) is 6. The van der Waals surface area contributed by atoms with E-state index in [1.807, 2.05) is 19.1 Å². The lowest BCUT2D eigenvalue weighted by atomic mass is 10.1. The van der Waals surface area contributed by atoms with Crippen LogP contribution in [0.25, 0.3) is 0 Å². The van der Waals surface area contributed by atoms with Crippen molar-refractivity contribution in [2.24, 2.45) is 0 Å². The molecule has 1 aromatic heterocycles. The molecule has 2 aliphatic rings. The van der Waals surface area contributed by atoms with Gasteiger partial charge in [0, 0.05) is 13.5 Å². The van der Waals surface area contributed by atoms with Gasteiger partial charge in [-0.2, -0.15) is 4.98 Å². The van der Waals surface area contributed by atoms with Crippen molar-refractivity contribution in [2.75, 3.05) is 19.8 Å². The molecule has 122 valence electrons. The third-order valence-corrected chi connectivity index (χ3v) is 4.53. The first kappa shape index (κ1) is 14.8. The van der Waals surface area contributed by atoms with Gasteiger partial charge >= 0.3 is 0 Å². The summed E-state index contributed by atoms with van der Waals surface area (Å²) in [5, 5.41) is 4.68. The number of aryl methyl sites for hydroxylation is 1. The van der Waals surface area contributed by atoms with Crippen molar-refractivity contribution in [3.8, 4) is 11.5 Å². The lowest BCUT2D eigenvalue weighted by Crippen LogP contribution is -2.24. The standard InChI is InChI=1S/C16H18ClN3O3/c1-10-18-16(19-23-10)13-3-2-4-20(13)9-11-7-12(17)15-14(8-11)21-5-6-22-15/h7-8,13H,2-6,9H2,1H3/t13-/m0/s1. The average Bonchev–Trinajstić information content (AvgIpc) is 3.16. The molecule has 0 N–H and O–H groups in total. The highest BCUT2D eigenvalue weighted by atomic mass is 35.5. The van der Waals surface area contributed by atoms with Crippen LogP contribution in [0.2, 0.25) is 5.02 Å². The molecule has 1 aromatic carbocycles. The maximum atomic E-state index is 6.33. The Hall–Kier alpha value is -1.79. The summed E-state index contributed by atoms with van der Waals surface area (Å²) in [6.45, 7) is 4.69. The van der Waals surface area contributed by atoms with Gasteiger partial charge in [0.05, 0.1) is 11.1 Å². The van der Waals surface area contributed by atoms with Crippen LogP contribution >= 0.6 is 11.6 Å². The summed E-state index contributed by atoms with van der Waals surface area (Å²) in [6, 6.07) is 4.16. The Morgan fingerprint density at radius 2 is 2.17 bits per heavy atom. The molecule has 0 unspecified atom stereocenters. The van der Waals surface area contributed by atoms with Gasteiger partial charge in [-0.1, -0.05) is 16.8 Å². The zero-order valence-electron chi connectivity index (χ0n) is 12.9. The maximum Gasteiger partial charge on any atom is 0.223 e. The highest BCUT2D eigenvalue weighted by Crippen LogP contribution is 2.39. The number of aromatic nitrogens is 2. The monoisotopic (exact) mass is 335 g/mol. The van der Waals surface area contributed by atoms with E-state index in [1.54, 1.807) is 0 Å². The Balaban J connectivity index is 1.56. The van der Waals surface area contributed by atoms with Gasteiger partial charge in [-0.15, -0.1) is 0 Å². The molecule has 1 atom stereocenters. The second kappa shape index (κ2) is 6.02. The quantitative estimate of drug-likeness (QED) is 0.858. The van der Waals surface area contributed by atoms with Gasteiger partial charge in [0.15, 0.2) is 17.3 Å². The third-order valence-electron chi connectivity index (χ3n) is 4.25. The second-order valence-electron chi connectivity index (χ2n) is 5.90. The first-order valence-corrected chi connectivity index (χ1v) is 8.21. The Kier molecular flexibility index (Phi) is 3.87. The van der Waals surface area contributed by atoms with Gasteiger partial charge in [0.1, 0.15) is 13.2 Å². The van der Waals surface area contributed by atoms with Crippen molar-refractivity contribution in [1.29, 1.82) is 0 Å². The Morgan fingerprint density at radius 1 is 1.30 bits per heavy atom. The topological polar surface area (TPSA) is 60.6 Å². The smallest absolute Gasteiger partial charge is 0.223 e. The largest absolute Gasteiger partial charge is 0.486 e. The molecule has 0 amide bonds. The minimum atomic E-state index is 0.194. The van der Waals surface area contributed by atoms with Crippen molar-refractivity contribution in [2.45, 2.75) is 32.4 Å². The van der Waals surface area contributed by atoms with Gasteiger partial charge < -0.3 is 14.0 Å². The highest BCUT2D eigenvalue weighted by molar-refractivity contribution is 6.32. The molecule has 0 spiro atoms. The number of nitrogens with zero attached hydrogens (tertiary/aromatic N) is 3. The molecule has 0 saturated carbocycles. The van der Waals surface area contributed by atoms with Crippen LogP contribution in [0.1, 0.15) is 36.2 Å². The molecular formula is C16H18ClN3O3. The molecule has 3 heterocycles. The summed E-state index contributed by atoms with van der Waals surface area (Å²) in [4.78, 5) is 6.74. The fraction of sp³-hybridized carbons (Fsp3) is 0.500. The molecule has 7 heteroatoms. The van der Waals surface area contributed by atoms with Gasteiger partial charge in [-0.3, -0.25) is 4.90 Å². The summed E-state index contributed by atoms with van der Waals surface area (Å²) >= 11 is 6.33. The second-order valence-corrected chi connectivity index (χ2v) is 6.31. The summed E-state index contributed by atoms with van der Waals surface area (Å²) in [5.41, 5.74) is 1.10. The highest BCUT2D eigenvalue weighted by Gasteiger charge is 2.30. The molecule has 6 nitrogen and oxygen atoms in total. The fourth-order valence-electron chi connectivity index (χ4n) is 3.25. The van der Waals surface area contributed by atoms with E-state index < -0.39 is 0 Å². The number of halogens is 1. The summed E-state index contributed by atoms with van der Waals surface area (Å²) in [5.74, 6) is 2.75. The van der Waals surface area contributed by atoms with Crippen molar-refractivity contribution >= 4 is 11.6 Å². The number of benzene rings is 1. The third kappa shape index (κ3) is 2.88. The van der Waals surface area contributed by atoms with Crippen molar-refractivity contribution < 1.29 is 14.0 Å². The molecule has 0 radical (unpaired) electrons. The van der Waals surface area contributed by atoms with Gasteiger partial charge in [0.25, 0.3) is 0 Å². The normalized spacial score (nSPS) is 20.9. The van der Waals surface area contributed by atoms with Crippen LogP contribution in [-0.2, 0) is 6.54 Å². The lowest BCUT2D eigenvalue weighted by Gasteiger charge is -2.24. The predicted octanol–water partition coefficient (Wildman–Crippen LogP) is 3.14. The van der Waals surface area contributed by atoms with Crippen molar-refractivity contribution in [3.05, 3.63) is 34.4 Å². The van der Waals surface area contributed by atoms with E-state index in [4.69, 9.17) is 25.6 Å². The van der Waals surface area contributed by atoms with E-state index in [9.17, 15) is 0 Å². The van der Waals surface area contributed by atoms with E-state index in [1.165, 1.54) is 0 Å². The summed E-state index contributed by atoms with van der Waals surface area (Å²) in [7, 11) is 0. The average molecular weight is 336 g/mol. The number of rotatable bonds is 3. The summed E-state index contributed by atoms with van der Waals surface area (Å²) < 4.78 is 16.3. The Morgan fingerprint density at radius 3 is 3.00 bits per heavy atom. The number of fused-ring (bicyclic) bond motifs is 1. The SMILES string of the molecule is Cc1nc([C@@H]2CCCN2Cc2cc(Cl)c3c(c2)OCCO3)no1. The minimum absolute atomic E-state index is 0.194. The number of ether oxygens (including phenoxy) is 2. The Bertz CT molecular complexity index is 719. The van der Waals surface area contributed by atoms with Gasteiger partial charge in [-0.25, -0.2) is 0 Å². The molecule has 4 rings (SSSR count). The van der Waals surface area contributed by atoms with Crippen LogP contribution in [-0.4, -0.2) is 34.8 Å². The molecule has 1 saturated heterocycles. The van der Waals surface area contributed by atoms with Crippen LogP contribution in [0.3, 0.4) is 0 Å². The first-order chi connectivity index (χ1) is 11.2. The molecule has 1 fully saturated rings. The van der Waals surface area contributed by atoms with E-state index in [0.29, 0.717) is 29.9 Å². The van der Waals surface area contributed by atoms with Crippen molar-refractivity contribution in [3.63, 3.8) is 0 Å². The Labute approximate surface area is 139 Å². The van der Waals surface area contributed by atoms with Crippen LogP contribution < -0.4 is 9.47 Å². The van der Waals surface area contributed by atoms with Gasteiger partial charge in [0.2, 0.25) is 5.89 Å². The zero-order valence-corrected chi connectivity index (χ0v) is 13.7. The predicted molar refractivity (Wildman–Crippen MR) is 83.9 cm³/mol. The van der Waals surface area contributed by atoms with E-state index in [-0.39, 0.29) is 6.04 Å². The molecular weight excluding hydrogens is 318 g/mol. The van der Waals surface area contributed by atoms with Crippen LogP contribution in [0, 0.1) is 6.92 Å². The van der Waals surface area contributed by atoms with Crippen LogP contribution in [0.5, 0.6) is 11.5 Å². The van der Waals surface area contributed by atoms with Gasteiger partial charge in [-0.05, 0) is 37.1 Å². The molecule has 0 aliphatic carbocycles. The van der Waals surface area contributed by atoms with E-state index in [2.05, 4.69) is 15.0 Å². The molecule has 23 heavy (non-hydrogen) atoms. The maximum absolute atomic E-state index is 6.33. The van der Waals surface area contributed by atoms with Crippen LogP contribution in [0.4, 0.5) is 0 Å². The minimum Gasteiger partial charge on any atom is -0.486 e. The summed E-state index contributed by atoms with van der Waals surface area (Å²) in [6.07, 6.45) is 2.16.